The van der Waals surface area contributed by atoms with Crippen molar-refractivity contribution in [2.45, 2.75) is 55.8 Å². The second-order valence-electron chi connectivity index (χ2n) is 9.60. The van der Waals surface area contributed by atoms with Gasteiger partial charge in [0.25, 0.3) is 5.96 Å². The Morgan fingerprint density at radius 1 is 1.18 bits per heavy atom. The van der Waals surface area contributed by atoms with Crippen LogP contribution in [0.5, 0.6) is 0 Å². The molecule has 14 nitrogen and oxygen atoms in total. The number of sulfonamides is 1. The molecule has 2 aromatic carbocycles. The van der Waals surface area contributed by atoms with Crippen LogP contribution in [-0.4, -0.2) is 85.6 Å². The number of carbonyl (C=O) groups is 2. The van der Waals surface area contributed by atoms with Gasteiger partial charge in [0.2, 0.25) is 21.8 Å². The minimum Gasteiger partial charge on any atom is -0.364 e. The van der Waals surface area contributed by atoms with Crippen molar-refractivity contribution >= 4 is 38.6 Å². The average molecular weight is 576 g/mol. The van der Waals surface area contributed by atoms with Crippen molar-refractivity contribution in [1.29, 1.82) is 0 Å². The van der Waals surface area contributed by atoms with E-state index in [1.807, 2.05) is 18.2 Å². The topological polar surface area (TPSA) is 190 Å². The second-order valence-corrected chi connectivity index (χ2v) is 11.3. The first-order valence-corrected chi connectivity index (χ1v) is 14.5. The number of hydrogen-bond acceptors (Lipinski definition) is 7. The summed E-state index contributed by atoms with van der Waals surface area (Å²) in [7, 11) is -4.02. The number of ether oxygens (including phenoxy) is 1. The molecule has 4 rings (SSSR count). The molecule has 2 heterocycles. The fraction of sp³-hybridized carbons (Fsp3) is 0.480. The smallest absolute Gasteiger partial charge is 0.270 e. The van der Waals surface area contributed by atoms with Crippen molar-refractivity contribution in [2.24, 2.45) is 10.8 Å². The number of nitro groups is 1. The summed E-state index contributed by atoms with van der Waals surface area (Å²) < 4.78 is 34.8. The van der Waals surface area contributed by atoms with Crippen LogP contribution >= 0.6 is 0 Å². The number of likely N-dealkylation sites (tertiary alicyclic amines) is 2. The van der Waals surface area contributed by atoms with Crippen LogP contribution in [0.2, 0.25) is 0 Å². The van der Waals surface area contributed by atoms with E-state index < -0.39 is 45.2 Å². The molecule has 0 saturated carbocycles. The molecular formula is C25H33N7O7S. The first kappa shape index (κ1) is 29.2. The number of hydrogen-bond donors (Lipinski definition) is 3. The Kier molecular flexibility index (Phi) is 9.17. The van der Waals surface area contributed by atoms with Gasteiger partial charge in [-0.25, -0.2) is 18.5 Å². The van der Waals surface area contributed by atoms with Crippen molar-refractivity contribution < 1.29 is 27.8 Å². The van der Waals surface area contributed by atoms with E-state index in [0.717, 1.165) is 5.39 Å². The normalized spacial score (nSPS) is 22.4. The molecule has 2 aromatic rings. The van der Waals surface area contributed by atoms with E-state index >= 15 is 0 Å². The molecule has 0 bridgehead atoms. The van der Waals surface area contributed by atoms with Gasteiger partial charge in [-0.2, -0.15) is 4.72 Å². The highest BCUT2D eigenvalue weighted by Gasteiger charge is 2.37. The molecule has 0 spiro atoms. The third kappa shape index (κ3) is 6.66. The third-order valence-electron chi connectivity index (χ3n) is 6.93. The highest BCUT2D eigenvalue weighted by molar-refractivity contribution is 7.89. The lowest BCUT2D eigenvalue weighted by Crippen LogP contribution is -2.61. The van der Waals surface area contributed by atoms with Gasteiger partial charge in [0.05, 0.1) is 17.5 Å². The molecule has 2 aliphatic rings. The second kappa shape index (κ2) is 12.6. The number of nitrogens with two attached hydrogens (primary N) is 1. The van der Waals surface area contributed by atoms with E-state index in [1.54, 1.807) is 25.1 Å². The fourth-order valence-electron chi connectivity index (χ4n) is 5.19. The monoisotopic (exact) mass is 575 g/mol. The Bertz CT molecular complexity index is 1400. The molecule has 2 fully saturated rings. The molecular weight excluding hydrogens is 542 g/mol. The summed E-state index contributed by atoms with van der Waals surface area (Å²) >= 11 is 0. The largest absolute Gasteiger partial charge is 0.364 e. The molecule has 2 saturated heterocycles. The number of guanidine groups is 1. The number of nitrogens with one attached hydrogen (secondary N) is 2. The van der Waals surface area contributed by atoms with Crippen LogP contribution in [0, 0.1) is 10.1 Å². The Morgan fingerprint density at radius 3 is 2.65 bits per heavy atom. The summed E-state index contributed by atoms with van der Waals surface area (Å²) in [6, 6.07) is 10.5. The van der Waals surface area contributed by atoms with Crippen LogP contribution < -0.4 is 15.8 Å². The van der Waals surface area contributed by atoms with Gasteiger partial charge in [0.1, 0.15) is 11.1 Å². The standard InChI is InChI=1S/C25H33N7O7S/c1-2-39-24-20(12-7-15-31(24)25(26)28-32(35)36)27-22(33)16-30-14-6-11-19(23(30)34)29-40(37,38)21-13-5-9-17-8-3-4-10-18(17)21/h3-5,8-10,13,19-20,24,29H,2,6-7,11-12,14-16H2,1H3,(H2,26,28)(H,27,33)/t19-,20-,24?/m0/s1. The summed E-state index contributed by atoms with van der Waals surface area (Å²) in [6.07, 6.45) is 1.14. The average Bonchev–Trinajstić information content (AvgIpc) is 2.91. The third-order valence-corrected chi connectivity index (χ3v) is 8.46. The number of amides is 2. The molecule has 2 aliphatic heterocycles. The van der Waals surface area contributed by atoms with E-state index in [4.69, 9.17) is 10.5 Å². The van der Waals surface area contributed by atoms with Gasteiger partial charge in [-0.3, -0.25) is 9.59 Å². The number of hydrazone groups is 1. The van der Waals surface area contributed by atoms with Crippen molar-refractivity contribution in [3.8, 4) is 0 Å². The maximum Gasteiger partial charge on any atom is 0.270 e. The summed E-state index contributed by atoms with van der Waals surface area (Å²) in [4.78, 5) is 39.9. The number of nitrogens with zero attached hydrogens (tertiary/aromatic N) is 4. The zero-order chi connectivity index (χ0) is 28.9. The lowest BCUT2D eigenvalue weighted by molar-refractivity contribution is -0.486. The maximum atomic E-state index is 13.3. The van der Waals surface area contributed by atoms with Gasteiger partial charge in [0.15, 0.2) is 11.3 Å². The van der Waals surface area contributed by atoms with E-state index in [2.05, 4.69) is 15.1 Å². The van der Waals surface area contributed by atoms with Gasteiger partial charge in [0, 0.05) is 25.1 Å². The van der Waals surface area contributed by atoms with Crippen LogP contribution in [-0.2, 0) is 24.3 Å². The fourth-order valence-corrected chi connectivity index (χ4v) is 6.64. The quantitative estimate of drug-likeness (QED) is 0.166. The Balaban J connectivity index is 1.42. The molecule has 0 radical (unpaired) electrons. The molecule has 1 unspecified atom stereocenters. The van der Waals surface area contributed by atoms with Crippen molar-refractivity contribution in [3.05, 3.63) is 52.6 Å². The van der Waals surface area contributed by atoms with E-state index in [-0.39, 0.29) is 24.0 Å². The van der Waals surface area contributed by atoms with E-state index in [9.17, 15) is 28.1 Å². The molecule has 216 valence electrons. The van der Waals surface area contributed by atoms with E-state index in [1.165, 1.54) is 15.9 Å². The summed E-state index contributed by atoms with van der Waals surface area (Å²) in [6.45, 7) is 2.40. The number of fused-ring (bicyclic) bond motifs is 1. The van der Waals surface area contributed by atoms with Crippen molar-refractivity contribution in [3.63, 3.8) is 0 Å². The lowest BCUT2D eigenvalue weighted by Gasteiger charge is -2.41. The van der Waals surface area contributed by atoms with Crippen LogP contribution in [0.4, 0.5) is 0 Å². The summed E-state index contributed by atoms with van der Waals surface area (Å²) in [5.41, 5.74) is 5.80. The predicted molar refractivity (Wildman–Crippen MR) is 146 cm³/mol. The zero-order valence-electron chi connectivity index (χ0n) is 22.1. The van der Waals surface area contributed by atoms with Gasteiger partial charge in [-0.15, -0.1) is 0 Å². The Morgan fingerprint density at radius 2 is 1.90 bits per heavy atom. The van der Waals surface area contributed by atoms with Crippen molar-refractivity contribution in [2.75, 3.05) is 26.2 Å². The number of rotatable bonds is 9. The maximum absolute atomic E-state index is 13.3. The number of piperidine rings is 2. The molecule has 0 aromatic heterocycles. The number of benzene rings is 2. The molecule has 3 atom stereocenters. The molecule has 4 N–H and O–H groups in total. The van der Waals surface area contributed by atoms with E-state index in [0.29, 0.717) is 44.2 Å². The first-order valence-electron chi connectivity index (χ1n) is 13.1. The van der Waals surface area contributed by atoms with Gasteiger partial charge in [-0.1, -0.05) is 36.4 Å². The van der Waals surface area contributed by atoms with Crippen LogP contribution in [0.3, 0.4) is 0 Å². The van der Waals surface area contributed by atoms with Crippen LogP contribution in [0.25, 0.3) is 10.8 Å². The Hall–Kier alpha value is -3.82. The lowest BCUT2D eigenvalue weighted by atomic mass is 10.0. The molecule has 40 heavy (non-hydrogen) atoms. The van der Waals surface area contributed by atoms with Gasteiger partial charge < -0.3 is 25.6 Å². The Labute approximate surface area is 231 Å². The highest BCUT2D eigenvalue weighted by Crippen LogP contribution is 2.24. The minimum atomic E-state index is -4.02. The highest BCUT2D eigenvalue weighted by atomic mass is 32.2. The first-order chi connectivity index (χ1) is 19.1. The van der Waals surface area contributed by atoms with Crippen molar-refractivity contribution in [1.82, 2.24) is 19.8 Å². The summed E-state index contributed by atoms with van der Waals surface area (Å²) in [5, 5.41) is 17.2. The SMILES string of the molecule is CCOC1[C@@H](NC(=O)CN2CCC[C@H](NS(=O)(=O)c3cccc4ccccc34)C2=O)CCCN1/C(N)=N/[N+](=O)[O-]. The molecule has 2 amide bonds. The number of carbonyl (C=O) groups excluding carboxylic acids is 2. The van der Waals surface area contributed by atoms with Crippen LogP contribution in [0.15, 0.2) is 52.5 Å². The summed E-state index contributed by atoms with van der Waals surface area (Å²) in [5.74, 6) is -1.28. The molecule has 15 heteroatoms. The van der Waals surface area contributed by atoms with Gasteiger partial charge in [-0.05, 0) is 44.1 Å². The molecule has 0 aliphatic carbocycles. The predicted octanol–water partition coefficient (Wildman–Crippen LogP) is 0.559. The van der Waals surface area contributed by atoms with Gasteiger partial charge >= 0.3 is 0 Å². The van der Waals surface area contributed by atoms with Crippen LogP contribution in [0.1, 0.15) is 32.6 Å². The minimum absolute atomic E-state index is 0.0805. The zero-order valence-corrected chi connectivity index (χ0v) is 22.9.